The van der Waals surface area contributed by atoms with E-state index in [9.17, 15) is 38.4 Å². The van der Waals surface area contributed by atoms with Crippen molar-refractivity contribution in [1.29, 1.82) is 0 Å². The minimum absolute atomic E-state index is 0.0224. The molecule has 5 heterocycles. The molecule has 0 saturated carbocycles. The number of amides is 7. The molecule has 0 bridgehead atoms. The van der Waals surface area contributed by atoms with Crippen molar-refractivity contribution in [3.8, 4) is 23.0 Å². The summed E-state index contributed by atoms with van der Waals surface area (Å²) in [6.07, 6.45) is 3.41. The summed E-state index contributed by atoms with van der Waals surface area (Å²) in [6.45, 7) is 3.40. The van der Waals surface area contributed by atoms with E-state index < -0.39 is 47.6 Å². The average Bonchev–Trinajstić information content (AvgIpc) is 4.29. The van der Waals surface area contributed by atoms with Gasteiger partial charge >= 0.3 is 5.97 Å². The number of para-hydroxylation sites is 2. The van der Waals surface area contributed by atoms with Gasteiger partial charge in [0.15, 0.2) is 23.0 Å². The summed E-state index contributed by atoms with van der Waals surface area (Å²) in [5.74, 6) is -2.68. The number of nitrogens with zero attached hydrogens (tertiary/aromatic N) is 4. The van der Waals surface area contributed by atoms with Crippen LogP contribution in [-0.4, -0.2) is 104 Å². The molecule has 79 heavy (non-hydrogen) atoms. The zero-order chi connectivity index (χ0) is 55.5. The molecule has 5 aliphatic rings. The van der Waals surface area contributed by atoms with Gasteiger partial charge in [-0.05, 0) is 97.8 Å². The summed E-state index contributed by atoms with van der Waals surface area (Å²) in [5.41, 5.74) is 7.20. The van der Waals surface area contributed by atoms with Crippen molar-refractivity contribution in [3.63, 3.8) is 0 Å². The number of benzene rings is 5. The maximum atomic E-state index is 14.1. The Kier molecular flexibility index (Phi) is 15.3. The molecule has 5 aromatic rings. The van der Waals surface area contributed by atoms with Crippen LogP contribution in [0.25, 0.3) is 0 Å². The highest BCUT2D eigenvalue weighted by molar-refractivity contribution is 6.15. The van der Waals surface area contributed by atoms with Gasteiger partial charge < -0.3 is 50.0 Å². The quantitative estimate of drug-likeness (QED) is 0.0526. The number of hydroxylamine groups is 2. The molecular weight excluding hydrogens is 1020 g/mol. The van der Waals surface area contributed by atoms with Crippen molar-refractivity contribution in [1.82, 2.24) is 15.7 Å². The number of rotatable bonds is 19. The van der Waals surface area contributed by atoms with Gasteiger partial charge in [-0.25, -0.2) is 4.79 Å². The predicted octanol–water partition coefficient (Wildman–Crippen LogP) is 6.26. The number of aliphatic imine (C=N–C) groups is 1. The van der Waals surface area contributed by atoms with E-state index in [1.807, 2.05) is 59.5 Å². The first-order valence-electron chi connectivity index (χ1n) is 26.1. The number of unbranched alkanes of at least 4 members (excludes halogenated alkanes) is 1. The maximum absolute atomic E-state index is 14.1. The zero-order valence-corrected chi connectivity index (χ0v) is 43.9. The molecule has 1 fully saturated rings. The van der Waals surface area contributed by atoms with Crippen LogP contribution in [-0.2, 0) is 59.7 Å². The molecule has 0 aliphatic carbocycles. The number of fused-ring (bicyclic) bond motifs is 8. The fourth-order valence-corrected chi connectivity index (χ4v) is 10.3. The monoisotopic (exact) mass is 1070 g/mol. The molecule has 5 aromatic carbocycles. The van der Waals surface area contributed by atoms with Crippen LogP contribution in [0.2, 0.25) is 0 Å². The minimum atomic E-state index is -1.08. The van der Waals surface area contributed by atoms with Crippen LogP contribution < -0.4 is 50.0 Å². The van der Waals surface area contributed by atoms with Gasteiger partial charge in [0.25, 0.3) is 23.6 Å². The third kappa shape index (κ3) is 11.3. The van der Waals surface area contributed by atoms with Gasteiger partial charge in [-0.15, -0.1) is 5.06 Å². The molecule has 0 spiro atoms. The molecule has 408 valence electrons. The number of carbonyl (C=O) groups excluding carboxylic acids is 8. The molecule has 21 nitrogen and oxygen atoms in total. The maximum Gasteiger partial charge on any atom is 0.333 e. The molecule has 4 atom stereocenters. The molecule has 1 saturated heterocycles. The Morgan fingerprint density at radius 1 is 0.671 bits per heavy atom. The Morgan fingerprint density at radius 3 is 1.95 bits per heavy atom. The first-order chi connectivity index (χ1) is 38.2. The highest BCUT2D eigenvalue weighted by Crippen LogP contribution is 2.43. The molecule has 1 unspecified atom stereocenters. The SMILES string of the molecule is COc1cc2c(cc1OCc1cc(COc3cc4c(cc3OC)C(=O)N3c5ccccc5C[C@H]3CN4)cc(NC(=O)C(C)NC(=O)[C@H](C)NC(=O)CCCCC(=O)ON3C(=O)CCC3=O)c1)N=C[C@@H]1Cc3ccccc3N1C2=O. The minimum Gasteiger partial charge on any atom is -0.493 e. The van der Waals surface area contributed by atoms with Gasteiger partial charge in [-0.2, -0.15) is 0 Å². The van der Waals surface area contributed by atoms with Crippen LogP contribution in [0.4, 0.5) is 28.4 Å². The van der Waals surface area contributed by atoms with Crippen LogP contribution in [0.1, 0.15) is 95.3 Å². The summed E-state index contributed by atoms with van der Waals surface area (Å²) < 4.78 is 24.4. The third-order valence-electron chi connectivity index (χ3n) is 14.3. The fraction of sp³-hybridized carbons (Fsp3) is 0.328. The van der Waals surface area contributed by atoms with E-state index in [2.05, 4.69) is 21.3 Å². The first-order valence-corrected chi connectivity index (χ1v) is 26.1. The zero-order valence-electron chi connectivity index (χ0n) is 43.9. The second kappa shape index (κ2) is 22.7. The van der Waals surface area contributed by atoms with E-state index in [4.69, 9.17) is 28.8 Å². The van der Waals surface area contributed by atoms with Crippen molar-refractivity contribution in [2.45, 2.75) is 103 Å². The summed E-state index contributed by atoms with van der Waals surface area (Å²) in [6, 6.07) is 25.2. The topological polar surface area (TPSA) is 253 Å². The summed E-state index contributed by atoms with van der Waals surface area (Å²) in [5, 5.41) is 12.0. The molecule has 0 aromatic heterocycles. The van der Waals surface area contributed by atoms with Gasteiger partial charge in [0.05, 0.1) is 48.8 Å². The molecular formula is C58H58N8O13. The van der Waals surface area contributed by atoms with E-state index in [-0.39, 0.29) is 75.6 Å². The van der Waals surface area contributed by atoms with Crippen molar-refractivity contribution in [2.24, 2.45) is 4.99 Å². The number of imide groups is 1. The van der Waals surface area contributed by atoms with E-state index in [1.54, 1.807) is 47.5 Å². The normalized spacial score (nSPS) is 17.3. The average molecular weight is 1080 g/mol. The number of nitrogens with one attached hydrogen (secondary N) is 4. The smallest absolute Gasteiger partial charge is 0.333 e. The van der Waals surface area contributed by atoms with Gasteiger partial charge in [-0.1, -0.05) is 36.4 Å². The molecule has 0 radical (unpaired) electrons. The number of anilines is 4. The van der Waals surface area contributed by atoms with Gasteiger partial charge in [0.2, 0.25) is 17.7 Å². The van der Waals surface area contributed by atoms with E-state index in [0.29, 0.717) is 86.8 Å². The van der Waals surface area contributed by atoms with Crippen LogP contribution in [0.15, 0.2) is 96.0 Å². The van der Waals surface area contributed by atoms with Crippen molar-refractivity contribution in [3.05, 3.63) is 124 Å². The Hall–Kier alpha value is -9.27. The lowest BCUT2D eigenvalue weighted by atomic mass is 10.1. The van der Waals surface area contributed by atoms with Crippen LogP contribution in [0, 0.1) is 0 Å². The molecule has 7 amide bonds. The van der Waals surface area contributed by atoms with Gasteiger partial charge in [0.1, 0.15) is 25.3 Å². The second-order valence-electron chi connectivity index (χ2n) is 19.8. The van der Waals surface area contributed by atoms with Gasteiger partial charge in [0, 0.05) is 74.1 Å². The molecule has 21 heteroatoms. The van der Waals surface area contributed by atoms with Crippen molar-refractivity contribution in [2.75, 3.05) is 41.2 Å². The van der Waals surface area contributed by atoms with Crippen LogP contribution in [0.5, 0.6) is 23.0 Å². The van der Waals surface area contributed by atoms with Gasteiger partial charge in [-0.3, -0.25) is 43.5 Å². The Labute approximate surface area is 454 Å². The van der Waals surface area contributed by atoms with E-state index >= 15 is 0 Å². The number of methoxy groups -OCH3 is 2. The summed E-state index contributed by atoms with van der Waals surface area (Å²) in [7, 11) is 2.98. The highest BCUT2D eigenvalue weighted by atomic mass is 16.7. The lowest BCUT2D eigenvalue weighted by Crippen LogP contribution is -2.50. The van der Waals surface area contributed by atoms with E-state index in [0.717, 1.165) is 22.5 Å². The fourth-order valence-electron chi connectivity index (χ4n) is 10.3. The number of hydrogen-bond acceptors (Lipinski definition) is 15. The van der Waals surface area contributed by atoms with Crippen LogP contribution >= 0.6 is 0 Å². The van der Waals surface area contributed by atoms with E-state index in [1.165, 1.54) is 28.1 Å². The lowest BCUT2D eigenvalue weighted by Gasteiger charge is -2.22. The second-order valence-corrected chi connectivity index (χ2v) is 19.8. The largest absolute Gasteiger partial charge is 0.493 e. The number of ether oxygens (including phenoxy) is 4. The summed E-state index contributed by atoms with van der Waals surface area (Å²) >= 11 is 0. The molecule has 4 N–H and O–H groups in total. The standard InChI is InChI=1S/C58H58N8O13/c1-32(61-51(67)15-9-10-16-54(70)79-66-52(68)17-18-53(66)69)55(71)62-33(2)56(72)63-38-20-34(30-77-49-26-43-41(24-47(49)75-3)57(73)64-39(28-59-43)22-36-11-5-7-13-45(36)64)19-35(21-38)31-78-50-27-44-42(25-48(50)76-4)58(74)65-40(29-60-44)23-37-12-6-8-14-46(37)65/h5-8,11-14,19-21,24-28,32-33,39-40,60H,9-10,15-18,22-23,29-31H2,1-4H3,(H,61,67)(H,62,71)(H,63,72)/t32-,33?,39-,40-/m0/s1. The predicted molar refractivity (Wildman–Crippen MR) is 289 cm³/mol. The van der Waals surface area contributed by atoms with Crippen molar-refractivity contribution >= 4 is 82.0 Å². The number of carbonyl (C=O) groups is 8. The Bertz CT molecular complexity index is 3330. The van der Waals surface area contributed by atoms with Crippen LogP contribution in [0.3, 0.4) is 0 Å². The molecule has 5 aliphatic heterocycles. The lowest BCUT2D eigenvalue weighted by molar-refractivity contribution is -0.197. The van der Waals surface area contributed by atoms with Crippen molar-refractivity contribution < 1.29 is 62.1 Å². The third-order valence-corrected chi connectivity index (χ3v) is 14.3. The number of hydrogen-bond donors (Lipinski definition) is 4. The molecule has 10 rings (SSSR count). The Balaban J connectivity index is 0.825. The summed E-state index contributed by atoms with van der Waals surface area (Å²) in [4.78, 5) is 117. The highest BCUT2D eigenvalue weighted by Gasteiger charge is 2.39. The first kappa shape index (κ1) is 53.1. The Morgan fingerprint density at radius 2 is 1.27 bits per heavy atom.